The summed E-state index contributed by atoms with van der Waals surface area (Å²) in [5.74, 6) is -0.169. The van der Waals surface area contributed by atoms with Gasteiger partial charge in [0.15, 0.2) is 0 Å². The normalized spacial score (nSPS) is 19.7. The Bertz CT molecular complexity index is 841. The maximum atomic E-state index is 12.5. The van der Waals surface area contributed by atoms with E-state index in [0.717, 1.165) is 30.1 Å². The Balaban J connectivity index is 1.58. The number of carbonyl (C=O) groups is 2. The highest BCUT2D eigenvalue weighted by molar-refractivity contribution is 7.14. The van der Waals surface area contributed by atoms with Gasteiger partial charge in [0.2, 0.25) is 5.91 Å². The van der Waals surface area contributed by atoms with Gasteiger partial charge in [-0.2, -0.15) is 0 Å². The van der Waals surface area contributed by atoms with E-state index < -0.39 is 0 Å². The summed E-state index contributed by atoms with van der Waals surface area (Å²) in [7, 11) is 0. The lowest BCUT2D eigenvalue weighted by Crippen LogP contribution is -2.45. The number of nitrogens with zero attached hydrogens (tertiary/aromatic N) is 1. The van der Waals surface area contributed by atoms with Gasteiger partial charge in [-0.15, -0.1) is 11.3 Å². The highest BCUT2D eigenvalue weighted by atomic mass is 32.1. The second kappa shape index (κ2) is 10.0. The molecule has 29 heavy (non-hydrogen) atoms. The third-order valence-corrected chi connectivity index (χ3v) is 5.93. The number of morpholine rings is 1. The van der Waals surface area contributed by atoms with Gasteiger partial charge in [0.05, 0.1) is 23.6 Å². The maximum absolute atomic E-state index is 12.5. The van der Waals surface area contributed by atoms with E-state index in [1.54, 1.807) is 6.07 Å². The standard InChI is InChI=1S/C22H29N3O3S/c1-15-12-25(13-16(2)28-15)14-19-7-5-4-6-18(19)10-24-22(27)21-9-8-20(29-21)11-23-17(3)26/h4-9,15-16H,10-14H2,1-3H3,(H,23,26)(H,24,27). The molecule has 0 aliphatic carbocycles. The fourth-order valence-electron chi connectivity index (χ4n) is 3.61. The molecule has 3 rings (SSSR count). The minimum absolute atomic E-state index is 0.0786. The van der Waals surface area contributed by atoms with Crippen LogP contribution in [-0.4, -0.2) is 42.0 Å². The predicted molar refractivity (Wildman–Crippen MR) is 115 cm³/mol. The highest BCUT2D eigenvalue weighted by Gasteiger charge is 2.22. The molecule has 0 saturated carbocycles. The highest BCUT2D eigenvalue weighted by Crippen LogP contribution is 2.19. The first kappa shape index (κ1) is 21.5. The Morgan fingerprint density at radius 3 is 2.41 bits per heavy atom. The first-order valence-corrected chi connectivity index (χ1v) is 10.8. The van der Waals surface area contributed by atoms with Crippen LogP contribution in [0.25, 0.3) is 0 Å². The molecule has 2 unspecified atom stereocenters. The van der Waals surface area contributed by atoms with E-state index in [9.17, 15) is 9.59 Å². The maximum Gasteiger partial charge on any atom is 0.261 e. The third-order valence-electron chi connectivity index (χ3n) is 4.84. The lowest BCUT2D eigenvalue weighted by Gasteiger charge is -2.35. The molecule has 0 radical (unpaired) electrons. The minimum atomic E-state index is -0.0903. The quantitative estimate of drug-likeness (QED) is 0.730. The van der Waals surface area contributed by atoms with Crippen molar-refractivity contribution in [2.45, 2.75) is 52.6 Å². The predicted octanol–water partition coefficient (Wildman–Crippen LogP) is 2.92. The van der Waals surface area contributed by atoms with Crippen LogP contribution in [0, 0.1) is 0 Å². The van der Waals surface area contributed by atoms with Gasteiger partial charge in [-0.05, 0) is 37.1 Å². The second-order valence-electron chi connectivity index (χ2n) is 7.58. The number of hydrogen-bond acceptors (Lipinski definition) is 5. The van der Waals surface area contributed by atoms with Gasteiger partial charge in [-0.3, -0.25) is 14.5 Å². The number of benzene rings is 1. The summed E-state index contributed by atoms with van der Waals surface area (Å²) in [6.45, 7) is 9.32. The molecular weight excluding hydrogens is 386 g/mol. The molecule has 6 nitrogen and oxygen atoms in total. The van der Waals surface area contributed by atoms with Crippen molar-refractivity contribution in [2.24, 2.45) is 0 Å². The lowest BCUT2D eigenvalue weighted by molar-refractivity contribution is -0.119. The largest absolute Gasteiger partial charge is 0.373 e. The average molecular weight is 416 g/mol. The van der Waals surface area contributed by atoms with Crippen molar-refractivity contribution in [3.8, 4) is 0 Å². The molecule has 1 aliphatic rings. The van der Waals surface area contributed by atoms with Crippen molar-refractivity contribution >= 4 is 23.2 Å². The molecule has 2 amide bonds. The van der Waals surface area contributed by atoms with Crippen LogP contribution in [0.2, 0.25) is 0 Å². The second-order valence-corrected chi connectivity index (χ2v) is 8.75. The summed E-state index contributed by atoms with van der Waals surface area (Å²) in [5.41, 5.74) is 2.36. The van der Waals surface area contributed by atoms with Crippen LogP contribution in [0.4, 0.5) is 0 Å². The van der Waals surface area contributed by atoms with E-state index >= 15 is 0 Å². The summed E-state index contributed by atoms with van der Waals surface area (Å²) in [4.78, 5) is 27.6. The van der Waals surface area contributed by atoms with Crippen molar-refractivity contribution in [1.82, 2.24) is 15.5 Å². The lowest BCUT2D eigenvalue weighted by atomic mass is 10.1. The summed E-state index contributed by atoms with van der Waals surface area (Å²) in [5, 5.41) is 5.78. The molecule has 2 N–H and O–H groups in total. The van der Waals surface area contributed by atoms with Crippen LogP contribution in [0.3, 0.4) is 0 Å². The number of thiophene rings is 1. The molecule has 7 heteroatoms. The minimum Gasteiger partial charge on any atom is -0.373 e. The van der Waals surface area contributed by atoms with Crippen molar-refractivity contribution in [2.75, 3.05) is 13.1 Å². The van der Waals surface area contributed by atoms with Gasteiger partial charge in [0.1, 0.15) is 0 Å². The summed E-state index contributed by atoms with van der Waals surface area (Å²) < 4.78 is 5.82. The van der Waals surface area contributed by atoms with E-state index in [2.05, 4.69) is 41.5 Å². The first-order valence-electron chi connectivity index (χ1n) is 9.96. The molecule has 2 atom stereocenters. The van der Waals surface area contributed by atoms with Crippen LogP contribution in [0.15, 0.2) is 36.4 Å². The average Bonchev–Trinajstić information content (AvgIpc) is 3.14. The van der Waals surface area contributed by atoms with E-state index in [0.29, 0.717) is 18.0 Å². The zero-order valence-electron chi connectivity index (χ0n) is 17.2. The molecule has 1 aromatic carbocycles. The van der Waals surface area contributed by atoms with E-state index in [-0.39, 0.29) is 24.0 Å². The summed E-state index contributed by atoms with van der Waals surface area (Å²) in [6, 6.07) is 11.9. The summed E-state index contributed by atoms with van der Waals surface area (Å²) >= 11 is 1.40. The molecule has 1 aliphatic heterocycles. The van der Waals surface area contributed by atoms with Crippen LogP contribution >= 0.6 is 11.3 Å². The first-order chi connectivity index (χ1) is 13.9. The van der Waals surface area contributed by atoms with Gasteiger partial charge in [-0.25, -0.2) is 0 Å². The number of rotatable bonds is 7. The fourth-order valence-corrected chi connectivity index (χ4v) is 4.47. The van der Waals surface area contributed by atoms with Crippen molar-refractivity contribution in [3.63, 3.8) is 0 Å². The van der Waals surface area contributed by atoms with E-state index in [1.165, 1.54) is 23.8 Å². The van der Waals surface area contributed by atoms with Crippen molar-refractivity contribution in [1.29, 1.82) is 0 Å². The Kier molecular flexibility index (Phi) is 7.41. The number of amides is 2. The van der Waals surface area contributed by atoms with Crippen LogP contribution < -0.4 is 10.6 Å². The zero-order chi connectivity index (χ0) is 20.8. The molecule has 2 heterocycles. The molecule has 1 saturated heterocycles. The Labute approximate surface area is 176 Å². The number of hydrogen-bond donors (Lipinski definition) is 2. The molecule has 2 aromatic rings. The van der Waals surface area contributed by atoms with Gasteiger partial charge in [0.25, 0.3) is 5.91 Å². The van der Waals surface area contributed by atoms with Gasteiger partial charge >= 0.3 is 0 Å². The van der Waals surface area contributed by atoms with Crippen LogP contribution in [0.5, 0.6) is 0 Å². The fraction of sp³-hybridized carbons (Fsp3) is 0.455. The molecular formula is C22H29N3O3S. The Morgan fingerprint density at radius 1 is 1.03 bits per heavy atom. The van der Waals surface area contributed by atoms with Crippen LogP contribution in [-0.2, 0) is 29.2 Å². The topological polar surface area (TPSA) is 70.7 Å². The molecule has 1 aromatic heterocycles. The van der Waals surface area contributed by atoms with Crippen molar-refractivity contribution in [3.05, 3.63) is 57.3 Å². The molecule has 156 valence electrons. The molecule has 1 fully saturated rings. The number of nitrogens with one attached hydrogen (secondary N) is 2. The molecule has 0 spiro atoms. The smallest absolute Gasteiger partial charge is 0.261 e. The summed E-state index contributed by atoms with van der Waals surface area (Å²) in [6.07, 6.45) is 0.465. The monoisotopic (exact) mass is 415 g/mol. The zero-order valence-corrected chi connectivity index (χ0v) is 18.1. The number of carbonyl (C=O) groups excluding carboxylic acids is 2. The SMILES string of the molecule is CC(=O)NCc1ccc(C(=O)NCc2ccccc2CN2CC(C)OC(C)C2)s1. The Morgan fingerprint density at radius 2 is 1.72 bits per heavy atom. The third kappa shape index (κ3) is 6.39. The van der Waals surface area contributed by atoms with Gasteiger partial charge < -0.3 is 15.4 Å². The van der Waals surface area contributed by atoms with E-state index in [1.807, 2.05) is 18.2 Å². The van der Waals surface area contributed by atoms with Gasteiger partial charge in [0, 0.05) is 38.0 Å². The van der Waals surface area contributed by atoms with Gasteiger partial charge in [-0.1, -0.05) is 24.3 Å². The molecule has 0 bridgehead atoms. The number of ether oxygens (including phenoxy) is 1. The Hall–Kier alpha value is -2.22. The van der Waals surface area contributed by atoms with Crippen LogP contribution in [0.1, 0.15) is 46.4 Å². The van der Waals surface area contributed by atoms with Crippen molar-refractivity contribution < 1.29 is 14.3 Å². The van der Waals surface area contributed by atoms with E-state index in [4.69, 9.17) is 4.74 Å².